The maximum absolute atomic E-state index is 13.3. The van der Waals surface area contributed by atoms with Gasteiger partial charge in [0.2, 0.25) is 0 Å². The van der Waals surface area contributed by atoms with Crippen LogP contribution in [0.4, 0.5) is 9.18 Å². The van der Waals surface area contributed by atoms with Crippen LogP contribution >= 0.6 is 0 Å². The summed E-state index contributed by atoms with van der Waals surface area (Å²) in [5.74, 6) is -0.590. The molecule has 0 bridgehead atoms. The zero-order chi connectivity index (χ0) is 23.4. The van der Waals surface area contributed by atoms with Gasteiger partial charge in [-0.25, -0.2) is 9.18 Å². The number of aliphatic hydroxyl groups is 3. The van der Waals surface area contributed by atoms with E-state index in [-0.39, 0.29) is 36.6 Å². The third-order valence-electron chi connectivity index (χ3n) is 6.01. The topological polar surface area (TPSA) is 99.0 Å². The van der Waals surface area contributed by atoms with Crippen LogP contribution < -0.4 is 5.32 Å². The van der Waals surface area contributed by atoms with E-state index in [2.05, 4.69) is 17.4 Å². The van der Waals surface area contributed by atoms with Crippen molar-refractivity contribution >= 4 is 6.09 Å². The van der Waals surface area contributed by atoms with Crippen LogP contribution in [-0.4, -0.2) is 40.7 Å². The lowest BCUT2D eigenvalue weighted by Crippen LogP contribution is -2.31. The zero-order valence-electron chi connectivity index (χ0n) is 17.9. The molecule has 0 radical (unpaired) electrons. The maximum Gasteiger partial charge on any atom is 0.407 e. The minimum Gasteiger partial charge on any atom is -0.449 e. The molecule has 0 saturated carbocycles. The van der Waals surface area contributed by atoms with Gasteiger partial charge in [0.15, 0.2) is 0 Å². The van der Waals surface area contributed by atoms with E-state index in [0.29, 0.717) is 0 Å². The first-order valence-corrected chi connectivity index (χ1v) is 10.8. The number of ether oxygens (including phenoxy) is 1. The van der Waals surface area contributed by atoms with Gasteiger partial charge < -0.3 is 25.4 Å². The molecule has 0 aromatic heterocycles. The molecule has 0 aliphatic heterocycles. The van der Waals surface area contributed by atoms with Crippen LogP contribution in [0.3, 0.4) is 0 Å². The standard InChI is InChI=1S/C26H26FNO5/c27-17-9-10-18(16(13-17)14-29)25(31)24(30)11-12-28-26(32)33-15-23-21-7-3-1-5-19(21)20-6-2-4-8-22(20)23/h1-10,13,23-25,29-31H,11-12,14-15H2,(H,28,32). The van der Waals surface area contributed by atoms with Gasteiger partial charge in [-0.1, -0.05) is 54.6 Å². The van der Waals surface area contributed by atoms with E-state index in [1.54, 1.807) is 0 Å². The van der Waals surface area contributed by atoms with Crippen molar-refractivity contribution in [3.8, 4) is 11.1 Å². The van der Waals surface area contributed by atoms with Crippen LogP contribution in [0.15, 0.2) is 66.7 Å². The van der Waals surface area contributed by atoms with Crippen LogP contribution in [-0.2, 0) is 11.3 Å². The highest BCUT2D eigenvalue weighted by Crippen LogP contribution is 2.44. The predicted molar refractivity (Wildman–Crippen MR) is 121 cm³/mol. The molecular formula is C26H26FNO5. The molecule has 3 aromatic carbocycles. The summed E-state index contributed by atoms with van der Waals surface area (Å²) in [4.78, 5) is 12.2. The van der Waals surface area contributed by atoms with E-state index in [4.69, 9.17) is 4.74 Å². The number of hydrogen-bond donors (Lipinski definition) is 4. The van der Waals surface area contributed by atoms with E-state index in [1.807, 2.05) is 36.4 Å². The Kier molecular flexibility index (Phi) is 7.03. The molecular weight excluding hydrogens is 425 g/mol. The average Bonchev–Trinajstić information content (AvgIpc) is 3.16. The van der Waals surface area contributed by atoms with Crippen molar-refractivity contribution < 1.29 is 29.2 Å². The molecule has 1 aliphatic rings. The van der Waals surface area contributed by atoms with Gasteiger partial charge in [-0.05, 0) is 51.9 Å². The van der Waals surface area contributed by atoms with Crippen molar-refractivity contribution in [1.82, 2.24) is 5.32 Å². The molecule has 0 heterocycles. The van der Waals surface area contributed by atoms with Gasteiger partial charge in [0.05, 0.1) is 12.7 Å². The monoisotopic (exact) mass is 451 g/mol. The van der Waals surface area contributed by atoms with Crippen LogP contribution in [0.2, 0.25) is 0 Å². The van der Waals surface area contributed by atoms with Gasteiger partial charge in [-0.15, -0.1) is 0 Å². The largest absolute Gasteiger partial charge is 0.449 e. The van der Waals surface area contributed by atoms with Crippen LogP contribution in [0.1, 0.15) is 40.7 Å². The van der Waals surface area contributed by atoms with Gasteiger partial charge in [0.1, 0.15) is 18.5 Å². The molecule has 2 unspecified atom stereocenters. The van der Waals surface area contributed by atoms with Crippen LogP contribution in [0, 0.1) is 5.82 Å². The molecule has 0 fully saturated rings. The Morgan fingerprint density at radius 1 is 1.00 bits per heavy atom. The lowest BCUT2D eigenvalue weighted by molar-refractivity contribution is 0.0125. The molecule has 1 amide bonds. The number of hydrogen-bond acceptors (Lipinski definition) is 5. The second kappa shape index (κ2) is 10.1. The first-order valence-electron chi connectivity index (χ1n) is 10.8. The second-order valence-corrected chi connectivity index (χ2v) is 8.05. The Morgan fingerprint density at radius 2 is 1.64 bits per heavy atom. The summed E-state index contributed by atoms with van der Waals surface area (Å²) in [7, 11) is 0. The first-order chi connectivity index (χ1) is 16.0. The molecule has 0 spiro atoms. The fourth-order valence-electron chi connectivity index (χ4n) is 4.34. The number of nitrogens with one attached hydrogen (secondary N) is 1. The van der Waals surface area contributed by atoms with Crippen LogP contribution in [0.5, 0.6) is 0 Å². The summed E-state index contributed by atoms with van der Waals surface area (Å²) in [6.07, 6.45) is -3.10. The fraction of sp³-hybridized carbons (Fsp3) is 0.269. The SMILES string of the molecule is O=C(NCCC(O)C(O)c1ccc(F)cc1CO)OCC1c2ccccc2-c2ccccc21. The van der Waals surface area contributed by atoms with Crippen molar-refractivity contribution in [2.75, 3.05) is 13.2 Å². The molecule has 172 valence electrons. The third kappa shape index (κ3) is 4.90. The number of rotatable bonds is 8. The van der Waals surface area contributed by atoms with Crippen molar-refractivity contribution in [1.29, 1.82) is 0 Å². The molecule has 33 heavy (non-hydrogen) atoms. The molecule has 0 saturated heterocycles. The average molecular weight is 451 g/mol. The molecule has 1 aliphatic carbocycles. The summed E-state index contributed by atoms with van der Waals surface area (Å²) in [6, 6.07) is 19.7. The van der Waals surface area contributed by atoms with E-state index in [9.17, 15) is 24.5 Å². The Morgan fingerprint density at radius 3 is 2.27 bits per heavy atom. The number of amides is 1. The molecule has 7 heteroatoms. The number of aliphatic hydroxyl groups excluding tert-OH is 3. The molecule has 6 nitrogen and oxygen atoms in total. The highest BCUT2D eigenvalue weighted by molar-refractivity contribution is 5.79. The molecule has 2 atom stereocenters. The second-order valence-electron chi connectivity index (χ2n) is 8.05. The minimum absolute atomic E-state index is 0.0492. The Labute approximate surface area is 191 Å². The quantitative estimate of drug-likeness (QED) is 0.419. The van der Waals surface area contributed by atoms with Gasteiger partial charge in [-0.2, -0.15) is 0 Å². The Hall–Kier alpha value is -3.26. The molecule has 3 aromatic rings. The summed E-state index contributed by atoms with van der Waals surface area (Å²) in [6.45, 7) is -0.208. The number of carbonyl (C=O) groups is 1. The third-order valence-corrected chi connectivity index (χ3v) is 6.01. The number of carbonyl (C=O) groups excluding carboxylic acids is 1. The van der Waals surface area contributed by atoms with Crippen molar-refractivity contribution in [3.05, 3.63) is 94.8 Å². The number of benzene rings is 3. The van der Waals surface area contributed by atoms with Gasteiger partial charge >= 0.3 is 6.09 Å². The lowest BCUT2D eigenvalue weighted by atomic mass is 9.97. The normalized spacial score (nSPS) is 14.3. The van der Waals surface area contributed by atoms with E-state index >= 15 is 0 Å². The highest BCUT2D eigenvalue weighted by Gasteiger charge is 2.29. The van der Waals surface area contributed by atoms with Crippen molar-refractivity contribution in [3.63, 3.8) is 0 Å². The van der Waals surface area contributed by atoms with Gasteiger partial charge in [0.25, 0.3) is 0 Å². The van der Waals surface area contributed by atoms with Gasteiger partial charge in [-0.3, -0.25) is 0 Å². The minimum atomic E-state index is -1.32. The van der Waals surface area contributed by atoms with Gasteiger partial charge in [0, 0.05) is 12.5 Å². The fourth-order valence-corrected chi connectivity index (χ4v) is 4.34. The van der Waals surface area contributed by atoms with E-state index < -0.39 is 30.7 Å². The van der Waals surface area contributed by atoms with Crippen molar-refractivity contribution in [2.45, 2.75) is 31.2 Å². The molecule has 4 N–H and O–H groups in total. The molecule has 4 rings (SSSR count). The smallest absolute Gasteiger partial charge is 0.407 e. The van der Waals surface area contributed by atoms with E-state index in [1.165, 1.54) is 6.07 Å². The Balaban J connectivity index is 1.29. The summed E-state index contributed by atoms with van der Waals surface area (Å²) in [5.41, 5.74) is 4.95. The number of fused-ring (bicyclic) bond motifs is 3. The first kappa shape index (κ1) is 22.9. The highest BCUT2D eigenvalue weighted by atomic mass is 19.1. The summed E-state index contributed by atoms with van der Waals surface area (Å²) >= 11 is 0. The lowest BCUT2D eigenvalue weighted by Gasteiger charge is -2.21. The predicted octanol–water partition coefficient (Wildman–Crippen LogP) is 3.64. The summed E-state index contributed by atoms with van der Waals surface area (Å²) in [5, 5.41) is 32.6. The van der Waals surface area contributed by atoms with E-state index in [0.717, 1.165) is 34.4 Å². The van der Waals surface area contributed by atoms with Crippen molar-refractivity contribution in [2.24, 2.45) is 0 Å². The Bertz CT molecular complexity index is 1090. The summed E-state index contributed by atoms with van der Waals surface area (Å²) < 4.78 is 18.8. The van der Waals surface area contributed by atoms with Crippen LogP contribution in [0.25, 0.3) is 11.1 Å². The number of halogens is 1. The maximum atomic E-state index is 13.3. The zero-order valence-corrected chi connectivity index (χ0v) is 17.9. The number of alkyl carbamates (subject to hydrolysis) is 1.